The van der Waals surface area contributed by atoms with E-state index in [0.717, 1.165) is 37.1 Å². The lowest BCUT2D eigenvalue weighted by Gasteiger charge is -2.26. The minimum atomic E-state index is 0.116. The summed E-state index contributed by atoms with van der Waals surface area (Å²) in [6.07, 6.45) is 6.52. The van der Waals surface area contributed by atoms with Crippen LogP contribution in [0.1, 0.15) is 47.9 Å². The molecule has 4 heteroatoms. The summed E-state index contributed by atoms with van der Waals surface area (Å²) in [5.41, 5.74) is 3.21. The minimum absolute atomic E-state index is 0.116. The van der Waals surface area contributed by atoms with E-state index in [-0.39, 0.29) is 17.4 Å². The molecule has 2 N–H and O–H groups in total. The molecule has 1 aliphatic rings. The van der Waals surface area contributed by atoms with E-state index >= 15 is 0 Å². The minimum Gasteiger partial charge on any atom is -0.507 e. The van der Waals surface area contributed by atoms with Crippen molar-refractivity contribution in [1.29, 1.82) is 0 Å². The third kappa shape index (κ3) is 4.22. The van der Waals surface area contributed by atoms with Crippen LogP contribution < -0.4 is 10.4 Å². The van der Waals surface area contributed by atoms with E-state index in [1.807, 2.05) is 35.2 Å². The number of aryl methyl sites for hydroxylation is 1. The summed E-state index contributed by atoms with van der Waals surface area (Å²) in [6.45, 7) is 9.11. The van der Waals surface area contributed by atoms with Gasteiger partial charge in [0.05, 0.1) is 0 Å². The van der Waals surface area contributed by atoms with E-state index in [0.29, 0.717) is 34.4 Å². The Morgan fingerprint density at radius 1 is 1.11 bits per heavy atom. The van der Waals surface area contributed by atoms with Crippen molar-refractivity contribution in [2.24, 2.45) is 0 Å². The van der Waals surface area contributed by atoms with Crippen LogP contribution in [0.2, 0.25) is 0 Å². The molecule has 1 amide bonds. The second-order valence-electron chi connectivity index (χ2n) is 7.67. The number of likely N-dealkylation sites (tertiary alicyclic amines) is 1. The lowest BCUT2D eigenvalue weighted by atomic mass is 10.0. The van der Waals surface area contributed by atoms with Crippen LogP contribution in [0.4, 0.5) is 0 Å². The molecule has 1 aliphatic heterocycles. The van der Waals surface area contributed by atoms with E-state index in [1.165, 1.54) is 6.42 Å². The zero-order valence-corrected chi connectivity index (χ0v) is 16.8. The molecule has 1 saturated heterocycles. The normalized spacial score (nSPS) is 15.1. The zero-order valence-electron chi connectivity index (χ0n) is 16.8. The third-order valence-corrected chi connectivity index (χ3v) is 5.71. The number of amides is 1. The molecule has 0 saturated carbocycles. The molecule has 0 spiro atoms. The summed E-state index contributed by atoms with van der Waals surface area (Å²) in [5.74, 6) is 0.491. The van der Waals surface area contributed by atoms with Gasteiger partial charge in [0, 0.05) is 41.1 Å². The highest BCUT2D eigenvalue weighted by molar-refractivity contribution is 5.76. The van der Waals surface area contributed by atoms with Gasteiger partial charge in [0.25, 0.3) is 0 Å². The highest BCUT2D eigenvalue weighted by Crippen LogP contribution is 2.17. The van der Waals surface area contributed by atoms with Gasteiger partial charge in [-0.2, -0.15) is 0 Å². The van der Waals surface area contributed by atoms with Gasteiger partial charge in [-0.3, -0.25) is 4.79 Å². The Bertz CT molecular complexity index is 953. The van der Waals surface area contributed by atoms with Crippen molar-refractivity contribution >= 4 is 18.6 Å². The first-order valence-electron chi connectivity index (χ1n) is 9.97. The molecule has 0 unspecified atom stereocenters. The molecule has 28 heavy (non-hydrogen) atoms. The summed E-state index contributed by atoms with van der Waals surface area (Å²) in [5, 5.41) is 21.8. The molecule has 1 fully saturated rings. The van der Waals surface area contributed by atoms with E-state index in [2.05, 4.69) is 6.58 Å². The van der Waals surface area contributed by atoms with Gasteiger partial charge in [-0.25, -0.2) is 0 Å². The molecular weight excluding hydrogens is 350 g/mol. The maximum Gasteiger partial charge on any atom is 0.222 e. The first-order valence-corrected chi connectivity index (χ1v) is 9.97. The summed E-state index contributed by atoms with van der Waals surface area (Å²) in [7, 11) is 0. The van der Waals surface area contributed by atoms with E-state index in [4.69, 9.17) is 0 Å². The van der Waals surface area contributed by atoms with Crippen LogP contribution in [0.15, 0.2) is 24.3 Å². The molecule has 0 radical (unpaired) electrons. The van der Waals surface area contributed by atoms with Crippen LogP contribution in [0.25, 0.3) is 12.7 Å². The van der Waals surface area contributed by atoms with E-state index in [9.17, 15) is 15.0 Å². The maximum atomic E-state index is 12.4. The molecule has 3 rings (SSSR count). The second kappa shape index (κ2) is 8.51. The van der Waals surface area contributed by atoms with E-state index in [1.54, 1.807) is 13.8 Å². The highest BCUT2D eigenvalue weighted by atomic mass is 16.3. The molecule has 2 aromatic rings. The van der Waals surface area contributed by atoms with Gasteiger partial charge < -0.3 is 15.1 Å². The Morgan fingerprint density at radius 3 is 2.54 bits per heavy atom. The fraction of sp³-hybridized carbons (Fsp3) is 0.375. The quantitative estimate of drug-likeness (QED) is 0.803. The molecule has 0 aliphatic carbocycles. The van der Waals surface area contributed by atoms with Gasteiger partial charge in [-0.15, -0.1) is 0 Å². The van der Waals surface area contributed by atoms with Crippen molar-refractivity contribution in [3.63, 3.8) is 0 Å². The van der Waals surface area contributed by atoms with Gasteiger partial charge in [-0.1, -0.05) is 30.8 Å². The van der Waals surface area contributed by atoms with Crippen molar-refractivity contribution < 1.29 is 15.0 Å². The lowest BCUT2D eigenvalue weighted by Crippen LogP contribution is -2.35. The Labute approximate surface area is 166 Å². The lowest BCUT2D eigenvalue weighted by molar-refractivity contribution is -0.132. The number of benzene rings is 2. The van der Waals surface area contributed by atoms with Crippen molar-refractivity contribution in [2.75, 3.05) is 13.1 Å². The Balaban J connectivity index is 1.82. The number of phenols is 2. The van der Waals surface area contributed by atoms with Crippen LogP contribution in [0.3, 0.4) is 0 Å². The first kappa shape index (κ1) is 20.0. The molecule has 0 aromatic heterocycles. The van der Waals surface area contributed by atoms with Crippen LogP contribution in [-0.2, 0) is 11.2 Å². The smallest absolute Gasteiger partial charge is 0.222 e. The predicted octanol–water partition coefficient (Wildman–Crippen LogP) is 2.90. The van der Waals surface area contributed by atoms with Crippen LogP contribution in [-0.4, -0.2) is 34.1 Å². The van der Waals surface area contributed by atoms with Gasteiger partial charge in [0.15, 0.2) is 0 Å². The number of carbonyl (C=O) groups is 1. The zero-order chi connectivity index (χ0) is 20.3. The highest BCUT2D eigenvalue weighted by Gasteiger charge is 2.16. The van der Waals surface area contributed by atoms with Gasteiger partial charge in [0.2, 0.25) is 5.91 Å². The number of piperidine rings is 1. The summed E-state index contributed by atoms with van der Waals surface area (Å²) in [6, 6.07) is 7.98. The molecule has 4 nitrogen and oxygen atoms in total. The van der Waals surface area contributed by atoms with Gasteiger partial charge in [-0.05, 0) is 56.7 Å². The molecule has 2 aromatic carbocycles. The number of hydrogen-bond donors (Lipinski definition) is 2. The molecule has 148 valence electrons. The number of nitrogens with zero attached hydrogens (tertiary/aromatic N) is 1. The average molecular weight is 380 g/mol. The molecule has 0 atom stereocenters. The van der Waals surface area contributed by atoms with Crippen LogP contribution >= 0.6 is 0 Å². The predicted molar refractivity (Wildman–Crippen MR) is 113 cm³/mol. The van der Waals surface area contributed by atoms with Crippen molar-refractivity contribution in [2.45, 2.75) is 46.0 Å². The SMILES string of the molecule is C=c1c(C)c(O)c(=Cc2cccc(CCC(=O)N3CCCCC3)c2)c(C)c1O. The number of rotatable bonds is 4. The summed E-state index contributed by atoms with van der Waals surface area (Å²) in [4.78, 5) is 14.4. The first-order chi connectivity index (χ1) is 13.4. The maximum absolute atomic E-state index is 12.4. The second-order valence-corrected chi connectivity index (χ2v) is 7.67. The van der Waals surface area contributed by atoms with Gasteiger partial charge >= 0.3 is 0 Å². The standard InChI is InChI=1S/C24H29NO3/c1-16-17(2)24(28)21(18(3)23(16)27)15-20-9-7-8-19(14-20)10-11-22(26)25-12-5-4-6-13-25/h7-9,14-15,27-28H,1,4-6,10-13H2,2-3H3. The number of phenolic OH excluding ortho intramolecular Hbond substituents is 2. The van der Waals surface area contributed by atoms with Crippen LogP contribution in [0.5, 0.6) is 11.5 Å². The fourth-order valence-corrected chi connectivity index (χ4v) is 3.79. The Hall–Kier alpha value is -2.75. The molecule has 1 heterocycles. The largest absolute Gasteiger partial charge is 0.507 e. The monoisotopic (exact) mass is 379 g/mol. The van der Waals surface area contributed by atoms with Crippen LogP contribution in [0, 0.1) is 13.8 Å². The summed E-state index contributed by atoms with van der Waals surface area (Å²) < 4.78 is 0. The number of carbonyl (C=O) groups excluding carboxylic acids is 1. The summed E-state index contributed by atoms with van der Waals surface area (Å²) >= 11 is 0. The van der Waals surface area contributed by atoms with E-state index < -0.39 is 0 Å². The topological polar surface area (TPSA) is 60.8 Å². The average Bonchev–Trinajstić information content (AvgIpc) is 2.73. The Kier molecular flexibility index (Phi) is 6.08. The molecular formula is C24H29NO3. The number of aromatic hydroxyl groups is 2. The fourth-order valence-electron chi connectivity index (χ4n) is 3.79. The number of hydrogen-bond acceptors (Lipinski definition) is 3. The third-order valence-electron chi connectivity index (χ3n) is 5.71. The van der Waals surface area contributed by atoms with Crippen molar-refractivity contribution in [1.82, 2.24) is 4.90 Å². The van der Waals surface area contributed by atoms with Crippen molar-refractivity contribution in [3.05, 3.63) is 57.0 Å². The van der Waals surface area contributed by atoms with Crippen molar-refractivity contribution in [3.8, 4) is 11.5 Å². The Morgan fingerprint density at radius 2 is 1.82 bits per heavy atom. The molecule has 0 bridgehead atoms. The van der Waals surface area contributed by atoms with Gasteiger partial charge in [0.1, 0.15) is 11.5 Å².